The summed E-state index contributed by atoms with van der Waals surface area (Å²) in [4.78, 5) is 16.2. The molecule has 0 spiro atoms. The number of halogens is 1. The smallest absolute Gasteiger partial charge is 0.291 e. The molecule has 1 heterocycles. The number of carbonyl (C=O) groups excluding carboxylic acids is 1. The van der Waals surface area contributed by atoms with Gasteiger partial charge in [0, 0.05) is 5.02 Å². The Labute approximate surface area is 127 Å². The first kappa shape index (κ1) is 15.5. The fourth-order valence-corrected chi connectivity index (χ4v) is 1.84. The number of nitrogens with one attached hydrogen (secondary N) is 1. The van der Waals surface area contributed by atoms with Crippen LogP contribution in [0, 0.1) is 6.92 Å². The predicted octanol–water partition coefficient (Wildman–Crippen LogP) is 1.73. The van der Waals surface area contributed by atoms with E-state index < -0.39 is 11.4 Å². The molecule has 7 heteroatoms. The first-order valence-electron chi connectivity index (χ1n) is 6.45. The van der Waals surface area contributed by atoms with Gasteiger partial charge in [-0.25, -0.2) is 9.67 Å². The number of nitrogens with zero attached hydrogens (tertiary/aromatic N) is 3. The molecule has 1 aromatic heterocycles. The molecular weight excluding hydrogens is 292 g/mol. The first-order valence-corrected chi connectivity index (χ1v) is 6.83. The summed E-state index contributed by atoms with van der Waals surface area (Å²) in [5.41, 5.74) is 0.0429. The highest BCUT2D eigenvalue weighted by Gasteiger charge is 2.23. The zero-order valence-electron chi connectivity index (χ0n) is 12.1. The Bertz CT molecular complexity index is 649. The van der Waals surface area contributed by atoms with E-state index in [1.54, 1.807) is 49.7 Å². The highest BCUT2D eigenvalue weighted by atomic mass is 35.5. The SMILES string of the molecule is Cc1nc(C(=O)NC(C)(C)CO)nn1-c1ccc(Cl)cc1. The first-order chi connectivity index (χ1) is 9.82. The molecule has 0 unspecified atom stereocenters. The molecule has 21 heavy (non-hydrogen) atoms. The molecule has 2 aromatic rings. The van der Waals surface area contributed by atoms with Gasteiger partial charge in [0.25, 0.3) is 5.91 Å². The zero-order valence-corrected chi connectivity index (χ0v) is 12.8. The van der Waals surface area contributed by atoms with Gasteiger partial charge in [-0.15, -0.1) is 5.10 Å². The van der Waals surface area contributed by atoms with E-state index in [0.29, 0.717) is 10.8 Å². The van der Waals surface area contributed by atoms with Gasteiger partial charge in [-0.1, -0.05) is 11.6 Å². The fraction of sp³-hybridized carbons (Fsp3) is 0.357. The Balaban J connectivity index is 2.27. The molecule has 0 radical (unpaired) electrons. The van der Waals surface area contributed by atoms with Crippen molar-refractivity contribution in [3.05, 3.63) is 40.9 Å². The van der Waals surface area contributed by atoms with Gasteiger partial charge in [-0.2, -0.15) is 0 Å². The molecule has 1 aromatic carbocycles. The summed E-state index contributed by atoms with van der Waals surface area (Å²) in [7, 11) is 0. The number of carbonyl (C=O) groups is 1. The number of rotatable bonds is 4. The molecule has 2 N–H and O–H groups in total. The Hall–Kier alpha value is -1.92. The van der Waals surface area contributed by atoms with Crippen LogP contribution in [0.4, 0.5) is 0 Å². The minimum Gasteiger partial charge on any atom is -0.394 e. The topological polar surface area (TPSA) is 80.0 Å². The van der Waals surface area contributed by atoms with Crippen LogP contribution in [0.15, 0.2) is 24.3 Å². The van der Waals surface area contributed by atoms with Gasteiger partial charge in [0.05, 0.1) is 17.8 Å². The molecular formula is C14H17ClN4O2. The van der Waals surface area contributed by atoms with Crippen LogP contribution in [0.3, 0.4) is 0 Å². The number of aliphatic hydroxyl groups is 1. The Kier molecular flexibility index (Phi) is 4.29. The molecule has 6 nitrogen and oxygen atoms in total. The Morgan fingerprint density at radius 2 is 2.00 bits per heavy atom. The van der Waals surface area contributed by atoms with Crippen molar-refractivity contribution >= 4 is 17.5 Å². The largest absolute Gasteiger partial charge is 0.394 e. The van der Waals surface area contributed by atoms with Crippen molar-refractivity contribution in [3.63, 3.8) is 0 Å². The van der Waals surface area contributed by atoms with E-state index in [9.17, 15) is 9.90 Å². The van der Waals surface area contributed by atoms with Crippen molar-refractivity contribution in [1.29, 1.82) is 0 Å². The zero-order chi connectivity index (χ0) is 15.6. The molecule has 112 valence electrons. The maximum absolute atomic E-state index is 12.1. The van der Waals surface area contributed by atoms with Gasteiger partial charge >= 0.3 is 0 Å². The Morgan fingerprint density at radius 1 is 1.38 bits per heavy atom. The summed E-state index contributed by atoms with van der Waals surface area (Å²) in [5.74, 6) is 0.220. The van der Waals surface area contributed by atoms with Crippen molar-refractivity contribution in [3.8, 4) is 5.69 Å². The highest BCUT2D eigenvalue weighted by Crippen LogP contribution is 2.14. The van der Waals surface area contributed by atoms with Crippen LogP contribution in [-0.2, 0) is 0 Å². The van der Waals surface area contributed by atoms with E-state index >= 15 is 0 Å². The van der Waals surface area contributed by atoms with Crippen molar-refractivity contribution in [2.24, 2.45) is 0 Å². The number of aromatic nitrogens is 3. The van der Waals surface area contributed by atoms with E-state index in [1.807, 2.05) is 0 Å². The third-order valence-electron chi connectivity index (χ3n) is 2.89. The molecule has 0 saturated carbocycles. The second kappa shape index (κ2) is 5.83. The summed E-state index contributed by atoms with van der Waals surface area (Å²) in [6.07, 6.45) is 0. The maximum Gasteiger partial charge on any atom is 0.291 e. The molecule has 0 atom stereocenters. The third kappa shape index (κ3) is 3.59. The van der Waals surface area contributed by atoms with Gasteiger partial charge in [-0.3, -0.25) is 4.79 Å². The van der Waals surface area contributed by atoms with E-state index in [4.69, 9.17) is 11.6 Å². The molecule has 0 aliphatic rings. The second-order valence-corrected chi connectivity index (χ2v) is 5.80. The van der Waals surface area contributed by atoms with Crippen LogP contribution in [-0.4, -0.2) is 37.9 Å². The van der Waals surface area contributed by atoms with Gasteiger partial charge in [0.1, 0.15) is 5.82 Å². The lowest BCUT2D eigenvalue weighted by molar-refractivity contribution is 0.0858. The Morgan fingerprint density at radius 3 is 2.57 bits per heavy atom. The molecule has 0 fully saturated rings. The van der Waals surface area contributed by atoms with Crippen LogP contribution in [0.25, 0.3) is 5.69 Å². The molecule has 2 rings (SSSR count). The normalized spacial score (nSPS) is 11.5. The fourth-order valence-electron chi connectivity index (χ4n) is 1.72. The standard InChI is InChI=1S/C14H17ClN4O2/c1-9-16-12(13(21)17-14(2,3)8-20)18-19(9)11-6-4-10(15)5-7-11/h4-7,20H,8H2,1-3H3,(H,17,21). The van der Waals surface area contributed by atoms with Gasteiger partial charge in [0.15, 0.2) is 0 Å². The number of hydrogen-bond acceptors (Lipinski definition) is 4. The summed E-state index contributed by atoms with van der Waals surface area (Å²) in [6.45, 7) is 5.02. The lowest BCUT2D eigenvalue weighted by Gasteiger charge is -2.22. The van der Waals surface area contributed by atoms with E-state index in [0.717, 1.165) is 5.69 Å². The minimum absolute atomic E-state index is 0.0592. The second-order valence-electron chi connectivity index (χ2n) is 5.37. The molecule has 0 aliphatic carbocycles. The maximum atomic E-state index is 12.1. The molecule has 0 aliphatic heterocycles. The van der Waals surface area contributed by atoms with Gasteiger partial charge in [-0.05, 0) is 45.0 Å². The van der Waals surface area contributed by atoms with Crippen molar-refractivity contribution in [1.82, 2.24) is 20.1 Å². The molecule has 0 saturated heterocycles. The lowest BCUT2D eigenvalue weighted by Crippen LogP contribution is -2.46. The van der Waals surface area contributed by atoms with E-state index in [-0.39, 0.29) is 12.4 Å². The average molecular weight is 309 g/mol. The monoisotopic (exact) mass is 308 g/mol. The third-order valence-corrected chi connectivity index (χ3v) is 3.14. The van der Waals surface area contributed by atoms with Gasteiger partial charge < -0.3 is 10.4 Å². The summed E-state index contributed by atoms with van der Waals surface area (Å²) in [6, 6.07) is 7.08. The number of aryl methyl sites for hydroxylation is 1. The number of hydrogen-bond donors (Lipinski definition) is 2. The van der Waals surface area contributed by atoms with Crippen molar-refractivity contribution in [2.45, 2.75) is 26.3 Å². The van der Waals surface area contributed by atoms with Gasteiger partial charge in [0.2, 0.25) is 5.82 Å². The summed E-state index contributed by atoms with van der Waals surface area (Å²) in [5, 5.41) is 16.7. The number of amides is 1. The van der Waals surface area contributed by atoms with E-state index in [1.165, 1.54) is 0 Å². The van der Waals surface area contributed by atoms with Crippen molar-refractivity contribution < 1.29 is 9.90 Å². The number of benzene rings is 1. The van der Waals surface area contributed by atoms with E-state index in [2.05, 4.69) is 15.4 Å². The summed E-state index contributed by atoms with van der Waals surface area (Å²) >= 11 is 5.85. The lowest BCUT2D eigenvalue weighted by atomic mass is 10.1. The summed E-state index contributed by atoms with van der Waals surface area (Å²) < 4.78 is 1.57. The highest BCUT2D eigenvalue weighted by molar-refractivity contribution is 6.30. The molecule has 0 bridgehead atoms. The predicted molar refractivity (Wildman–Crippen MR) is 79.7 cm³/mol. The quantitative estimate of drug-likeness (QED) is 0.901. The number of aliphatic hydroxyl groups excluding tert-OH is 1. The van der Waals surface area contributed by atoms with Crippen LogP contribution in [0.1, 0.15) is 30.3 Å². The minimum atomic E-state index is -0.725. The molecule has 1 amide bonds. The van der Waals surface area contributed by atoms with Crippen LogP contribution in [0.5, 0.6) is 0 Å². The van der Waals surface area contributed by atoms with Crippen LogP contribution in [0.2, 0.25) is 5.02 Å². The van der Waals surface area contributed by atoms with Crippen LogP contribution < -0.4 is 5.32 Å². The van der Waals surface area contributed by atoms with Crippen LogP contribution >= 0.6 is 11.6 Å². The van der Waals surface area contributed by atoms with Crippen molar-refractivity contribution in [2.75, 3.05) is 6.61 Å². The average Bonchev–Trinajstić information content (AvgIpc) is 2.81.